The van der Waals surface area contributed by atoms with Crippen LogP contribution in [0.2, 0.25) is 0 Å². The fourth-order valence-corrected chi connectivity index (χ4v) is 4.21. The fraction of sp³-hybridized carbons (Fsp3) is 0.333. The summed E-state index contributed by atoms with van der Waals surface area (Å²) in [7, 11) is 0. The number of pyridine rings is 1. The molecule has 2 aromatic carbocycles. The first kappa shape index (κ1) is 19.2. The molecule has 0 aliphatic carbocycles. The summed E-state index contributed by atoms with van der Waals surface area (Å²) < 4.78 is 6.22. The van der Waals surface area contributed by atoms with Crippen molar-refractivity contribution in [2.45, 2.75) is 46.3 Å². The summed E-state index contributed by atoms with van der Waals surface area (Å²) in [4.78, 5) is 18.3. The van der Waals surface area contributed by atoms with Crippen molar-refractivity contribution >= 4 is 22.6 Å². The molecule has 0 amide bonds. The van der Waals surface area contributed by atoms with E-state index in [1.807, 2.05) is 42.2 Å². The minimum atomic E-state index is -0.752. The number of ether oxygens (including phenoxy) is 1. The lowest BCUT2D eigenvalue weighted by Crippen LogP contribution is -2.36. The Morgan fingerprint density at radius 3 is 2.79 bits per heavy atom. The highest BCUT2D eigenvalue weighted by Crippen LogP contribution is 2.33. The predicted octanol–water partition coefficient (Wildman–Crippen LogP) is 4.79. The van der Waals surface area contributed by atoms with Crippen molar-refractivity contribution in [1.29, 1.82) is 0 Å². The maximum absolute atomic E-state index is 11.6. The van der Waals surface area contributed by atoms with Crippen LogP contribution in [0.3, 0.4) is 0 Å². The zero-order valence-electron chi connectivity index (χ0n) is 17.1. The van der Waals surface area contributed by atoms with Gasteiger partial charge in [-0.3, -0.25) is 0 Å². The van der Waals surface area contributed by atoms with E-state index < -0.39 is 12.0 Å². The molecule has 150 valence electrons. The first-order valence-electron chi connectivity index (χ1n) is 10.0. The van der Waals surface area contributed by atoms with Crippen LogP contribution in [0.15, 0.2) is 42.5 Å². The van der Waals surface area contributed by atoms with Crippen LogP contribution in [-0.4, -0.2) is 28.6 Å². The van der Waals surface area contributed by atoms with Crippen LogP contribution in [0, 0.1) is 20.8 Å². The van der Waals surface area contributed by atoms with Gasteiger partial charge in [0.15, 0.2) is 0 Å². The summed E-state index contributed by atoms with van der Waals surface area (Å²) in [5.41, 5.74) is 6.14. The average Bonchev–Trinajstić information content (AvgIpc) is 3.18. The van der Waals surface area contributed by atoms with Gasteiger partial charge in [0.05, 0.1) is 0 Å². The standard InChI is InChI=1S/C24H26N2O3/c1-15-9-12-20(26-13-5-7-21(26)24(27)28)17(3)19(15)14-29-22-8-4-6-18-11-10-16(2)25-23(18)22/h4,6,8-12,21H,5,7,13-14H2,1-3H3,(H,27,28)/t21-/m1/s1. The van der Waals surface area contributed by atoms with Gasteiger partial charge in [-0.25, -0.2) is 9.78 Å². The molecule has 0 bridgehead atoms. The average molecular weight is 390 g/mol. The normalized spacial score (nSPS) is 16.4. The SMILES string of the molecule is Cc1ccc2cccc(OCc3c(C)ccc(N4CCC[C@@H]4C(=O)O)c3C)c2n1. The number of anilines is 1. The third kappa shape index (κ3) is 3.65. The quantitative estimate of drug-likeness (QED) is 0.678. The summed E-state index contributed by atoms with van der Waals surface area (Å²) in [6, 6.07) is 13.7. The maximum atomic E-state index is 11.6. The number of carbonyl (C=O) groups is 1. The smallest absolute Gasteiger partial charge is 0.326 e. The zero-order chi connectivity index (χ0) is 20.5. The van der Waals surface area contributed by atoms with Crippen molar-refractivity contribution < 1.29 is 14.6 Å². The molecule has 0 unspecified atom stereocenters. The Morgan fingerprint density at radius 1 is 1.17 bits per heavy atom. The fourth-order valence-electron chi connectivity index (χ4n) is 4.21. The van der Waals surface area contributed by atoms with Crippen LogP contribution in [0.5, 0.6) is 5.75 Å². The Bertz CT molecular complexity index is 1080. The molecule has 0 saturated carbocycles. The number of hydrogen-bond acceptors (Lipinski definition) is 4. The third-order valence-corrected chi connectivity index (χ3v) is 5.85. The molecule has 3 aromatic rings. The van der Waals surface area contributed by atoms with Gasteiger partial charge in [-0.1, -0.05) is 24.3 Å². The van der Waals surface area contributed by atoms with Gasteiger partial charge in [-0.2, -0.15) is 0 Å². The second-order valence-corrected chi connectivity index (χ2v) is 7.76. The second-order valence-electron chi connectivity index (χ2n) is 7.76. The van der Waals surface area contributed by atoms with E-state index in [4.69, 9.17) is 4.74 Å². The summed E-state index contributed by atoms with van der Waals surface area (Å²) in [6.07, 6.45) is 1.59. The number of nitrogens with zero attached hydrogens (tertiary/aromatic N) is 2. The van der Waals surface area contributed by atoms with Gasteiger partial charge in [0, 0.05) is 23.3 Å². The molecule has 29 heavy (non-hydrogen) atoms. The lowest BCUT2D eigenvalue weighted by atomic mass is 10.0. The van der Waals surface area contributed by atoms with Crippen molar-refractivity contribution in [1.82, 2.24) is 4.98 Å². The Morgan fingerprint density at radius 2 is 2.00 bits per heavy atom. The highest BCUT2D eigenvalue weighted by Gasteiger charge is 2.31. The number of carboxylic acids is 1. The molecule has 5 heteroatoms. The molecule has 1 fully saturated rings. The molecule has 2 heterocycles. The number of aryl methyl sites for hydroxylation is 2. The molecule has 1 saturated heterocycles. The molecule has 5 nitrogen and oxygen atoms in total. The van der Waals surface area contributed by atoms with E-state index in [0.717, 1.165) is 57.7 Å². The second kappa shape index (κ2) is 7.74. The van der Waals surface area contributed by atoms with E-state index in [1.165, 1.54) is 0 Å². The van der Waals surface area contributed by atoms with Gasteiger partial charge in [0.1, 0.15) is 23.9 Å². The van der Waals surface area contributed by atoms with Crippen LogP contribution in [-0.2, 0) is 11.4 Å². The van der Waals surface area contributed by atoms with E-state index in [0.29, 0.717) is 13.0 Å². The lowest BCUT2D eigenvalue weighted by molar-refractivity contribution is -0.138. The summed E-state index contributed by atoms with van der Waals surface area (Å²) >= 11 is 0. The Hall–Kier alpha value is -3.08. The van der Waals surface area contributed by atoms with Gasteiger partial charge < -0.3 is 14.7 Å². The molecular weight excluding hydrogens is 364 g/mol. The molecule has 1 N–H and O–H groups in total. The van der Waals surface area contributed by atoms with Gasteiger partial charge in [-0.15, -0.1) is 0 Å². The van der Waals surface area contributed by atoms with E-state index in [-0.39, 0.29) is 0 Å². The van der Waals surface area contributed by atoms with E-state index in [2.05, 4.69) is 31.0 Å². The monoisotopic (exact) mass is 390 g/mol. The Kier molecular flexibility index (Phi) is 5.14. The molecule has 1 atom stereocenters. The highest BCUT2D eigenvalue weighted by molar-refractivity contribution is 5.84. The Labute approximate surface area is 170 Å². The number of para-hydroxylation sites is 1. The number of fused-ring (bicyclic) bond motifs is 1. The third-order valence-electron chi connectivity index (χ3n) is 5.85. The lowest BCUT2D eigenvalue weighted by Gasteiger charge is -2.27. The van der Waals surface area contributed by atoms with Crippen molar-refractivity contribution in [3.05, 3.63) is 64.8 Å². The zero-order valence-corrected chi connectivity index (χ0v) is 17.1. The topological polar surface area (TPSA) is 62.7 Å². The highest BCUT2D eigenvalue weighted by atomic mass is 16.5. The number of aliphatic carboxylic acids is 1. The van der Waals surface area contributed by atoms with Gasteiger partial charge in [0.2, 0.25) is 0 Å². The molecule has 0 radical (unpaired) electrons. The van der Waals surface area contributed by atoms with Crippen molar-refractivity contribution in [2.24, 2.45) is 0 Å². The van der Waals surface area contributed by atoms with Crippen LogP contribution in [0.4, 0.5) is 5.69 Å². The molecule has 4 rings (SSSR count). The van der Waals surface area contributed by atoms with Gasteiger partial charge >= 0.3 is 5.97 Å². The number of rotatable bonds is 5. The summed E-state index contributed by atoms with van der Waals surface area (Å²) in [6.45, 7) is 7.30. The summed E-state index contributed by atoms with van der Waals surface area (Å²) in [5, 5.41) is 10.6. The first-order chi connectivity index (χ1) is 14.0. The Balaban J connectivity index is 1.65. The van der Waals surface area contributed by atoms with Crippen LogP contribution in [0.25, 0.3) is 10.9 Å². The van der Waals surface area contributed by atoms with Crippen LogP contribution >= 0.6 is 0 Å². The largest absolute Gasteiger partial charge is 0.487 e. The van der Waals surface area contributed by atoms with Crippen molar-refractivity contribution in [3.63, 3.8) is 0 Å². The number of benzene rings is 2. The minimum absolute atomic E-state index is 0.422. The first-order valence-corrected chi connectivity index (χ1v) is 10.0. The van der Waals surface area contributed by atoms with E-state index in [9.17, 15) is 9.90 Å². The molecule has 0 spiro atoms. The van der Waals surface area contributed by atoms with Crippen LogP contribution < -0.4 is 9.64 Å². The van der Waals surface area contributed by atoms with Crippen molar-refractivity contribution in [2.75, 3.05) is 11.4 Å². The van der Waals surface area contributed by atoms with Crippen LogP contribution in [0.1, 0.15) is 35.2 Å². The van der Waals surface area contributed by atoms with Gasteiger partial charge in [-0.05, 0) is 68.5 Å². The number of aromatic nitrogens is 1. The van der Waals surface area contributed by atoms with Crippen molar-refractivity contribution in [3.8, 4) is 5.75 Å². The van der Waals surface area contributed by atoms with E-state index >= 15 is 0 Å². The number of hydrogen-bond donors (Lipinski definition) is 1. The molecule has 1 aromatic heterocycles. The minimum Gasteiger partial charge on any atom is -0.487 e. The predicted molar refractivity (Wildman–Crippen MR) is 115 cm³/mol. The number of carboxylic acid groups (broad SMARTS) is 1. The molecule has 1 aliphatic rings. The molecule has 1 aliphatic heterocycles. The summed E-state index contributed by atoms with van der Waals surface area (Å²) in [5.74, 6) is 0.0115. The van der Waals surface area contributed by atoms with E-state index in [1.54, 1.807) is 0 Å². The molecular formula is C24H26N2O3. The van der Waals surface area contributed by atoms with Gasteiger partial charge in [0.25, 0.3) is 0 Å². The maximum Gasteiger partial charge on any atom is 0.326 e.